The molecule has 0 unspecified atom stereocenters. The zero-order valence-corrected chi connectivity index (χ0v) is 17.0. The normalized spacial score (nSPS) is 12.8. The molecule has 0 saturated carbocycles. The molecule has 3 heterocycles. The summed E-state index contributed by atoms with van der Waals surface area (Å²) in [6.07, 6.45) is 2.39. The second-order valence-corrected chi connectivity index (χ2v) is 7.74. The van der Waals surface area contributed by atoms with Gasteiger partial charge in [-0.15, -0.1) is 11.3 Å². The fraction of sp³-hybridized carbons (Fsp3) is 0.368. The van der Waals surface area contributed by atoms with Crippen LogP contribution in [0.1, 0.15) is 46.2 Å². The summed E-state index contributed by atoms with van der Waals surface area (Å²) < 4.78 is 7.17. The summed E-state index contributed by atoms with van der Waals surface area (Å²) in [6.45, 7) is 9.36. The molecule has 3 rings (SSSR count). The van der Waals surface area contributed by atoms with Crippen molar-refractivity contribution in [3.05, 3.63) is 49.6 Å². The maximum atomic E-state index is 12.4. The maximum absolute atomic E-state index is 12.4. The van der Waals surface area contributed by atoms with Crippen LogP contribution in [0, 0.1) is 27.7 Å². The van der Waals surface area contributed by atoms with Crippen LogP contribution in [0.3, 0.4) is 0 Å². The first-order valence-corrected chi connectivity index (χ1v) is 9.39. The number of carbonyl (C=O) groups is 1. The number of H-pyrrole nitrogens is 1. The first-order chi connectivity index (χ1) is 12.7. The number of hydrogen-bond acceptors (Lipinski definition) is 6. The molecular formula is C19H22N4O3S. The Hall–Kier alpha value is -2.74. The molecule has 0 spiro atoms. The predicted molar refractivity (Wildman–Crippen MR) is 106 cm³/mol. The number of carbonyl (C=O) groups excluding carboxylic acids is 1. The van der Waals surface area contributed by atoms with Gasteiger partial charge in [0.25, 0.3) is 5.56 Å². The number of aryl methyl sites for hydroxylation is 4. The van der Waals surface area contributed by atoms with E-state index in [2.05, 4.69) is 15.1 Å². The molecule has 3 aromatic rings. The van der Waals surface area contributed by atoms with E-state index in [0.29, 0.717) is 16.0 Å². The lowest BCUT2D eigenvalue weighted by molar-refractivity contribution is -0.142. The number of hydrogen-bond donors (Lipinski definition) is 1. The van der Waals surface area contributed by atoms with E-state index in [1.807, 2.05) is 34.7 Å². The van der Waals surface area contributed by atoms with E-state index in [1.165, 1.54) is 17.4 Å². The quantitative estimate of drug-likeness (QED) is 0.549. The first-order valence-electron chi connectivity index (χ1n) is 8.57. The highest BCUT2D eigenvalue weighted by Gasteiger charge is 2.17. The lowest BCUT2D eigenvalue weighted by atomic mass is 10.2. The molecule has 142 valence electrons. The van der Waals surface area contributed by atoms with E-state index in [4.69, 9.17) is 4.74 Å². The van der Waals surface area contributed by atoms with Crippen LogP contribution >= 0.6 is 11.3 Å². The van der Waals surface area contributed by atoms with Crippen molar-refractivity contribution in [1.29, 1.82) is 0 Å². The van der Waals surface area contributed by atoms with E-state index in [-0.39, 0.29) is 5.56 Å². The van der Waals surface area contributed by atoms with E-state index in [1.54, 1.807) is 17.7 Å². The lowest BCUT2D eigenvalue weighted by Gasteiger charge is -2.11. The molecule has 0 aromatic carbocycles. The highest BCUT2D eigenvalue weighted by molar-refractivity contribution is 7.18. The molecule has 3 aromatic heterocycles. The van der Waals surface area contributed by atoms with Gasteiger partial charge in [0.1, 0.15) is 4.83 Å². The molecule has 0 saturated heterocycles. The van der Waals surface area contributed by atoms with Crippen molar-refractivity contribution in [2.75, 3.05) is 0 Å². The van der Waals surface area contributed by atoms with Crippen molar-refractivity contribution in [1.82, 2.24) is 19.7 Å². The summed E-state index contributed by atoms with van der Waals surface area (Å²) in [5, 5.41) is 4.91. The highest BCUT2D eigenvalue weighted by atomic mass is 32.1. The van der Waals surface area contributed by atoms with Gasteiger partial charge in [0.15, 0.2) is 11.9 Å². The van der Waals surface area contributed by atoms with Crippen molar-refractivity contribution in [2.45, 2.75) is 40.7 Å². The second kappa shape index (κ2) is 7.11. The molecule has 0 aliphatic carbocycles. The fourth-order valence-corrected chi connectivity index (χ4v) is 3.95. The maximum Gasteiger partial charge on any atom is 0.331 e. The Bertz CT molecular complexity index is 1120. The highest BCUT2D eigenvalue weighted by Crippen LogP contribution is 2.27. The first kappa shape index (κ1) is 19.0. The van der Waals surface area contributed by atoms with Gasteiger partial charge in [-0.1, -0.05) is 0 Å². The third-order valence-electron chi connectivity index (χ3n) is 4.69. The summed E-state index contributed by atoms with van der Waals surface area (Å²) in [5.74, 6) is -0.171. The van der Waals surface area contributed by atoms with Crippen molar-refractivity contribution < 1.29 is 9.53 Å². The van der Waals surface area contributed by atoms with Gasteiger partial charge in [-0.2, -0.15) is 5.10 Å². The van der Waals surface area contributed by atoms with Gasteiger partial charge < -0.3 is 9.72 Å². The molecule has 0 fully saturated rings. The second-order valence-electron chi connectivity index (χ2n) is 6.54. The van der Waals surface area contributed by atoms with Gasteiger partial charge in [-0.05, 0) is 46.3 Å². The van der Waals surface area contributed by atoms with Crippen LogP contribution in [-0.4, -0.2) is 25.7 Å². The summed E-state index contributed by atoms with van der Waals surface area (Å²) in [7, 11) is 1.85. The van der Waals surface area contributed by atoms with Crippen LogP contribution in [-0.2, 0) is 16.6 Å². The number of ether oxygens (including phenoxy) is 1. The van der Waals surface area contributed by atoms with Crippen molar-refractivity contribution >= 4 is 33.6 Å². The van der Waals surface area contributed by atoms with E-state index < -0.39 is 12.1 Å². The molecule has 27 heavy (non-hydrogen) atoms. The van der Waals surface area contributed by atoms with Crippen LogP contribution in [0.4, 0.5) is 0 Å². The summed E-state index contributed by atoms with van der Waals surface area (Å²) in [5.41, 5.74) is 3.41. The van der Waals surface area contributed by atoms with Gasteiger partial charge in [0.2, 0.25) is 0 Å². The minimum atomic E-state index is -0.668. The zero-order chi connectivity index (χ0) is 19.9. The summed E-state index contributed by atoms with van der Waals surface area (Å²) >= 11 is 1.46. The molecule has 0 amide bonds. The third kappa shape index (κ3) is 3.57. The van der Waals surface area contributed by atoms with Crippen LogP contribution in [0.15, 0.2) is 10.9 Å². The minimum absolute atomic E-state index is 0.211. The van der Waals surface area contributed by atoms with Gasteiger partial charge in [-0.3, -0.25) is 9.48 Å². The number of aromatic nitrogens is 4. The number of rotatable bonds is 4. The van der Waals surface area contributed by atoms with Gasteiger partial charge in [-0.25, -0.2) is 9.78 Å². The monoisotopic (exact) mass is 386 g/mol. The van der Waals surface area contributed by atoms with Crippen molar-refractivity contribution in [3.63, 3.8) is 0 Å². The number of nitrogens with one attached hydrogen (secondary N) is 1. The molecular weight excluding hydrogens is 364 g/mol. The van der Waals surface area contributed by atoms with Gasteiger partial charge >= 0.3 is 5.97 Å². The Morgan fingerprint density at radius 3 is 2.63 bits per heavy atom. The SMILES string of the molecule is Cc1nn(C)c(C)c1/C=C/C(=O)O[C@@H](C)c1nc2sc(C)c(C)c2c(=O)[nH]1. The Balaban J connectivity index is 1.79. The topological polar surface area (TPSA) is 89.9 Å². The van der Waals surface area contributed by atoms with Crippen LogP contribution in [0.5, 0.6) is 0 Å². The minimum Gasteiger partial charge on any atom is -0.451 e. The number of esters is 1. The van der Waals surface area contributed by atoms with E-state index >= 15 is 0 Å². The smallest absolute Gasteiger partial charge is 0.331 e. The molecule has 0 aliphatic rings. The molecule has 0 radical (unpaired) electrons. The van der Waals surface area contributed by atoms with Crippen molar-refractivity contribution in [2.24, 2.45) is 7.05 Å². The standard InChI is InChI=1S/C19H22N4O3S/c1-9-13(5)27-19-16(9)18(25)20-17(21-19)12(4)26-15(24)8-7-14-10(2)22-23(6)11(14)3/h7-8,12H,1-6H3,(H,20,21,25)/b8-7+/t12-/m0/s1. The van der Waals surface area contributed by atoms with Gasteiger partial charge in [0.05, 0.1) is 11.1 Å². The molecule has 1 atom stereocenters. The molecule has 0 bridgehead atoms. The summed E-state index contributed by atoms with van der Waals surface area (Å²) in [6, 6.07) is 0. The van der Waals surface area contributed by atoms with E-state index in [0.717, 1.165) is 27.4 Å². The Labute approximate surface area is 160 Å². The lowest BCUT2D eigenvalue weighted by Crippen LogP contribution is -2.16. The average Bonchev–Trinajstić information content (AvgIpc) is 3.01. The summed E-state index contributed by atoms with van der Waals surface area (Å²) in [4.78, 5) is 33.4. The van der Waals surface area contributed by atoms with Crippen LogP contribution in [0.25, 0.3) is 16.3 Å². The fourth-order valence-electron chi connectivity index (χ4n) is 2.92. The van der Waals surface area contributed by atoms with Crippen LogP contribution in [0.2, 0.25) is 0 Å². The Kier molecular flexibility index (Phi) is 5.01. The predicted octanol–water partition coefficient (Wildman–Crippen LogP) is 3.27. The van der Waals surface area contributed by atoms with Gasteiger partial charge in [0, 0.05) is 29.3 Å². The molecule has 0 aliphatic heterocycles. The number of thiophene rings is 1. The third-order valence-corrected chi connectivity index (χ3v) is 5.79. The molecule has 7 nitrogen and oxygen atoms in total. The Morgan fingerprint density at radius 2 is 2.00 bits per heavy atom. The molecule has 1 N–H and O–H groups in total. The number of aromatic amines is 1. The van der Waals surface area contributed by atoms with Crippen molar-refractivity contribution in [3.8, 4) is 0 Å². The zero-order valence-electron chi connectivity index (χ0n) is 16.2. The van der Waals surface area contributed by atoms with E-state index in [9.17, 15) is 9.59 Å². The largest absolute Gasteiger partial charge is 0.451 e. The van der Waals surface area contributed by atoms with Crippen LogP contribution < -0.4 is 5.56 Å². The molecule has 8 heteroatoms. The Morgan fingerprint density at radius 1 is 1.30 bits per heavy atom. The average molecular weight is 386 g/mol. The number of fused-ring (bicyclic) bond motifs is 1. The number of nitrogens with zero attached hydrogens (tertiary/aromatic N) is 3.